The number of halogens is 1. The molecule has 3 atom stereocenters. The fourth-order valence-electron chi connectivity index (χ4n) is 5.21. The Hall–Kier alpha value is -3.32. The van der Waals surface area contributed by atoms with Crippen molar-refractivity contribution in [2.24, 2.45) is 10.9 Å². The van der Waals surface area contributed by atoms with Crippen molar-refractivity contribution in [3.05, 3.63) is 63.8 Å². The molecule has 2 aromatic carbocycles. The second-order valence-electron chi connectivity index (χ2n) is 8.86. The molecule has 0 radical (unpaired) electrons. The Labute approximate surface area is 216 Å². The summed E-state index contributed by atoms with van der Waals surface area (Å²) in [6, 6.07) is 11.1. The highest BCUT2D eigenvalue weighted by Crippen LogP contribution is 2.49. The van der Waals surface area contributed by atoms with Crippen LogP contribution >= 0.6 is 11.6 Å². The first-order valence-electron chi connectivity index (χ1n) is 11.9. The first-order chi connectivity index (χ1) is 17.3. The lowest BCUT2D eigenvalue weighted by atomic mass is 9.69. The van der Waals surface area contributed by atoms with Gasteiger partial charge in [-0.3, -0.25) is 14.6 Å². The fourth-order valence-corrected chi connectivity index (χ4v) is 5.33. The van der Waals surface area contributed by atoms with E-state index < -0.39 is 17.8 Å². The van der Waals surface area contributed by atoms with Crippen LogP contribution in [0.4, 0.5) is 0 Å². The normalized spacial score (nSPS) is 21.4. The summed E-state index contributed by atoms with van der Waals surface area (Å²) in [6.07, 6.45) is 0.891. The van der Waals surface area contributed by atoms with E-state index in [1.165, 1.54) is 21.3 Å². The van der Waals surface area contributed by atoms with E-state index >= 15 is 0 Å². The largest absolute Gasteiger partial charge is 0.493 e. The maximum Gasteiger partial charge on any atom is 0.315 e. The smallest absolute Gasteiger partial charge is 0.315 e. The van der Waals surface area contributed by atoms with Gasteiger partial charge in [-0.1, -0.05) is 23.7 Å². The van der Waals surface area contributed by atoms with Gasteiger partial charge in [-0.15, -0.1) is 0 Å². The zero-order chi connectivity index (χ0) is 26.0. The van der Waals surface area contributed by atoms with Crippen LogP contribution in [0.2, 0.25) is 5.02 Å². The van der Waals surface area contributed by atoms with Gasteiger partial charge in [0.2, 0.25) is 5.75 Å². The van der Waals surface area contributed by atoms with Crippen LogP contribution in [0, 0.1) is 5.92 Å². The first kappa shape index (κ1) is 25.8. The number of ketones is 1. The molecule has 4 rings (SSSR count). The third-order valence-corrected chi connectivity index (χ3v) is 7.07. The molecule has 1 aliphatic heterocycles. The van der Waals surface area contributed by atoms with E-state index in [9.17, 15) is 9.59 Å². The zero-order valence-electron chi connectivity index (χ0n) is 21.1. The number of carbonyl (C=O) groups is 2. The molecule has 0 saturated carbocycles. The number of aliphatic imine (C=N–C) groups is 1. The van der Waals surface area contributed by atoms with Crippen LogP contribution in [0.5, 0.6) is 17.2 Å². The lowest BCUT2D eigenvalue weighted by Gasteiger charge is -2.36. The Morgan fingerprint density at radius 2 is 1.64 bits per heavy atom. The van der Waals surface area contributed by atoms with Crippen molar-refractivity contribution in [3.63, 3.8) is 0 Å². The summed E-state index contributed by atoms with van der Waals surface area (Å²) in [5.74, 6) is -0.504. The standard InChI is InChI=1S/C28H30ClNO6/c1-6-36-28(32)24-15(2)30-20-11-17(16-7-9-19(29)10-8-16)12-21(31)26(20)25(24)18-13-22(33-3)27(35-5)23(14-18)34-4/h7-10,13-14,17,24-25H,6,11-12H2,1-5H3/t17-,24?,25+/m0/s1. The van der Waals surface area contributed by atoms with E-state index in [0.29, 0.717) is 57.7 Å². The molecule has 1 heterocycles. The van der Waals surface area contributed by atoms with E-state index in [2.05, 4.69) is 0 Å². The number of hydrogen-bond acceptors (Lipinski definition) is 7. The van der Waals surface area contributed by atoms with E-state index in [4.69, 9.17) is 35.5 Å². The van der Waals surface area contributed by atoms with Gasteiger partial charge < -0.3 is 18.9 Å². The van der Waals surface area contributed by atoms with Gasteiger partial charge in [0.05, 0.1) is 27.9 Å². The lowest BCUT2D eigenvalue weighted by molar-refractivity contribution is -0.146. The van der Waals surface area contributed by atoms with Crippen LogP contribution in [-0.2, 0) is 14.3 Å². The monoisotopic (exact) mass is 511 g/mol. The average Bonchev–Trinajstić information content (AvgIpc) is 2.87. The fraction of sp³-hybridized carbons (Fsp3) is 0.393. The third kappa shape index (κ3) is 4.72. The van der Waals surface area contributed by atoms with Crippen LogP contribution in [-0.4, -0.2) is 45.4 Å². The van der Waals surface area contributed by atoms with Crippen molar-refractivity contribution in [2.75, 3.05) is 27.9 Å². The summed E-state index contributed by atoms with van der Waals surface area (Å²) in [5, 5.41) is 0.645. The van der Waals surface area contributed by atoms with Crippen LogP contribution in [0.25, 0.3) is 0 Å². The maximum atomic E-state index is 13.7. The Balaban J connectivity index is 1.87. The molecule has 7 nitrogen and oxygen atoms in total. The van der Waals surface area contributed by atoms with Gasteiger partial charge in [0.15, 0.2) is 17.3 Å². The first-order valence-corrected chi connectivity index (χ1v) is 12.2. The number of rotatable bonds is 7. The van der Waals surface area contributed by atoms with Gasteiger partial charge in [-0.2, -0.15) is 0 Å². The van der Waals surface area contributed by atoms with Gasteiger partial charge in [0.25, 0.3) is 0 Å². The molecule has 0 amide bonds. The zero-order valence-corrected chi connectivity index (χ0v) is 21.8. The van der Waals surface area contributed by atoms with Crippen molar-refractivity contribution < 1.29 is 28.5 Å². The van der Waals surface area contributed by atoms with Gasteiger partial charge in [-0.25, -0.2) is 0 Å². The molecule has 0 N–H and O–H groups in total. The number of benzene rings is 2. The summed E-state index contributed by atoms with van der Waals surface area (Å²) < 4.78 is 22.0. The minimum absolute atomic E-state index is 0.0233. The molecule has 36 heavy (non-hydrogen) atoms. The summed E-state index contributed by atoms with van der Waals surface area (Å²) in [6.45, 7) is 3.80. The summed E-state index contributed by atoms with van der Waals surface area (Å²) in [7, 11) is 4.59. The maximum absolute atomic E-state index is 13.7. The summed E-state index contributed by atoms with van der Waals surface area (Å²) in [4.78, 5) is 31.7. The van der Waals surface area contributed by atoms with Crippen molar-refractivity contribution in [2.45, 2.75) is 38.5 Å². The highest BCUT2D eigenvalue weighted by atomic mass is 35.5. The molecule has 190 valence electrons. The third-order valence-electron chi connectivity index (χ3n) is 6.82. The Kier molecular flexibility index (Phi) is 7.69. The summed E-state index contributed by atoms with van der Waals surface area (Å²) >= 11 is 6.07. The average molecular weight is 512 g/mol. The molecular formula is C28H30ClNO6. The SMILES string of the molecule is CCOC(=O)C1C(C)=NC2=C(C(=O)C[C@@H](c3ccc(Cl)cc3)C2)[C@@H]1c1cc(OC)c(OC)c(OC)c1. The van der Waals surface area contributed by atoms with Crippen LogP contribution in [0.15, 0.2) is 52.7 Å². The Morgan fingerprint density at radius 3 is 2.19 bits per heavy atom. The predicted molar refractivity (Wildman–Crippen MR) is 138 cm³/mol. The lowest BCUT2D eigenvalue weighted by Crippen LogP contribution is -2.38. The summed E-state index contributed by atoms with van der Waals surface area (Å²) in [5.41, 5.74) is 3.57. The molecule has 0 bridgehead atoms. The quantitative estimate of drug-likeness (QED) is 0.456. The number of methoxy groups -OCH3 is 3. The van der Waals surface area contributed by atoms with Gasteiger partial charge in [0, 0.05) is 34.3 Å². The van der Waals surface area contributed by atoms with Crippen LogP contribution in [0.1, 0.15) is 49.7 Å². The second-order valence-corrected chi connectivity index (χ2v) is 9.30. The Bertz CT molecular complexity index is 1210. The molecule has 1 unspecified atom stereocenters. The van der Waals surface area contributed by atoms with Gasteiger partial charge in [-0.05, 0) is 61.6 Å². The molecule has 2 aromatic rings. The second kappa shape index (κ2) is 10.7. The van der Waals surface area contributed by atoms with E-state index in [1.54, 1.807) is 19.1 Å². The number of hydrogen-bond donors (Lipinski definition) is 0. The van der Waals surface area contributed by atoms with Gasteiger partial charge >= 0.3 is 5.97 Å². The van der Waals surface area contributed by atoms with Crippen molar-refractivity contribution >= 4 is 29.1 Å². The van der Waals surface area contributed by atoms with Crippen molar-refractivity contribution in [1.29, 1.82) is 0 Å². The minimum Gasteiger partial charge on any atom is -0.493 e. The number of carbonyl (C=O) groups excluding carboxylic acids is 2. The van der Waals surface area contributed by atoms with E-state index in [-0.39, 0.29) is 18.3 Å². The number of nitrogens with zero attached hydrogens (tertiary/aromatic N) is 1. The predicted octanol–water partition coefficient (Wildman–Crippen LogP) is 5.50. The van der Waals surface area contributed by atoms with Crippen LogP contribution in [0.3, 0.4) is 0 Å². The topological polar surface area (TPSA) is 83.4 Å². The Morgan fingerprint density at radius 1 is 1.00 bits per heavy atom. The van der Waals surface area contributed by atoms with Gasteiger partial charge in [0.1, 0.15) is 5.92 Å². The molecule has 8 heteroatoms. The molecule has 2 aliphatic rings. The van der Waals surface area contributed by atoms with Crippen molar-refractivity contribution in [1.82, 2.24) is 0 Å². The van der Waals surface area contributed by atoms with E-state index in [1.807, 2.05) is 31.2 Å². The molecule has 0 saturated heterocycles. The number of allylic oxidation sites excluding steroid dienone is 2. The van der Waals surface area contributed by atoms with Crippen molar-refractivity contribution in [3.8, 4) is 17.2 Å². The number of ether oxygens (including phenoxy) is 4. The number of esters is 1. The minimum atomic E-state index is -0.748. The molecule has 0 fully saturated rings. The van der Waals surface area contributed by atoms with E-state index in [0.717, 1.165) is 5.56 Å². The highest BCUT2D eigenvalue weighted by Gasteiger charge is 2.45. The molecule has 0 spiro atoms. The molecule has 1 aliphatic carbocycles. The highest BCUT2D eigenvalue weighted by molar-refractivity contribution is 6.30. The number of Topliss-reactive ketones (excluding diaryl/α,β-unsaturated/α-hetero) is 1. The molecule has 0 aromatic heterocycles. The van der Waals surface area contributed by atoms with Crippen LogP contribution < -0.4 is 14.2 Å². The molecular weight excluding hydrogens is 482 g/mol.